The first kappa shape index (κ1) is 17.5. The topological polar surface area (TPSA) is 82.1 Å². The molecule has 0 N–H and O–H groups in total. The minimum absolute atomic E-state index is 0.280. The van der Waals surface area contributed by atoms with Crippen molar-refractivity contribution in [2.45, 2.75) is 70.9 Å². The third-order valence-corrected chi connectivity index (χ3v) is 5.45. The van der Waals surface area contributed by atoms with E-state index in [1.807, 2.05) is 6.92 Å². The lowest BCUT2D eigenvalue weighted by molar-refractivity contribution is 0.00570. The highest BCUT2D eigenvalue weighted by molar-refractivity contribution is 5.32. The number of ether oxygens (including phenoxy) is 1. The smallest absolute Gasteiger partial charge is 0.229 e. The van der Waals surface area contributed by atoms with Crippen LogP contribution in [-0.2, 0) is 17.7 Å². The zero-order valence-electron chi connectivity index (χ0n) is 15.7. The zero-order chi connectivity index (χ0) is 17.9. The highest BCUT2D eigenvalue weighted by atomic mass is 16.5. The van der Waals surface area contributed by atoms with E-state index in [-0.39, 0.29) is 6.10 Å². The van der Waals surface area contributed by atoms with Crippen molar-refractivity contribution in [3.63, 3.8) is 0 Å². The van der Waals surface area contributed by atoms with E-state index in [4.69, 9.17) is 9.26 Å². The molecular weight excluding hydrogens is 332 g/mol. The Balaban J connectivity index is 1.45. The number of aromatic nitrogens is 5. The van der Waals surface area contributed by atoms with Gasteiger partial charge in [0.2, 0.25) is 11.8 Å². The van der Waals surface area contributed by atoms with Gasteiger partial charge >= 0.3 is 0 Å². The van der Waals surface area contributed by atoms with Gasteiger partial charge in [0.05, 0.1) is 12.6 Å². The van der Waals surface area contributed by atoms with E-state index in [1.54, 1.807) is 0 Å². The summed E-state index contributed by atoms with van der Waals surface area (Å²) in [4.78, 5) is 6.74. The second-order valence-electron chi connectivity index (χ2n) is 7.31. The molecule has 2 saturated heterocycles. The number of nitrogens with zero attached hydrogens (tertiary/aromatic N) is 6. The van der Waals surface area contributed by atoms with Gasteiger partial charge in [0.15, 0.2) is 5.82 Å². The molecule has 2 aliphatic rings. The summed E-state index contributed by atoms with van der Waals surface area (Å²) in [6.07, 6.45) is 6.71. The lowest BCUT2D eigenvalue weighted by Crippen LogP contribution is -2.36. The quantitative estimate of drug-likeness (QED) is 0.810. The molecular formula is C18H28N6O2. The molecule has 1 atom stereocenters. The van der Waals surface area contributed by atoms with Crippen molar-refractivity contribution < 1.29 is 9.26 Å². The molecule has 142 valence electrons. The van der Waals surface area contributed by atoms with E-state index in [1.165, 1.54) is 12.8 Å². The van der Waals surface area contributed by atoms with Crippen LogP contribution in [0.3, 0.4) is 0 Å². The Kier molecular flexibility index (Phi) is 5.19. The third kappa shape index (κ3) is 3.60. The molecule has 8 nitrogen and oxygen atoms in total. The minimum atomic E-state index is 0.280. The number of piperidine rings is 1. The van der Waals surface area contributed by atoms with Crippen molar-refractivity contribution in [1.82, 2.24) is 24.9 Å². The van der Waals surface area contributed by atoms with Gasteiger partial charge in [0.25, 0.3) is 0 Å². The van der Waals surface area contributed by atoms with Crippen LogP contribution in [0.25, 0.3) is 0 Å². The highest BCUT2D eigenvalue weighted by Crippen LogP contribution is 2.29. The maximum atomic E-state index is 5.95. The zero-order valence-corrected chi connectivity index (χ0v) is 15.7. The first-order valence-corrected chi connectivity index (χ1v) is 9.83. The van der Waals surface area contributed by atoms with Gasteiger partial charge in [-0.15, -0.1) is 10.2 Å². The summed E-state index contributed by atoms with van der Waals surface area (Å²) in [5, 5.41) is 12.9. The van der Waals surface area contributed by atoms with E-state index >= 15 is 0 Å². The summed E-state index contributed by atoms with van der Waals surface area (Å²) in [5.41, 5.74) is 0. The molecule has 0 aliphatic carbocycles. The highest BCUT2D eigenvalue weighted by Gasteiger charge is 2.28. The van der Waals surface area contributed by atoms with Gasteiger partial charge in [-0.25, -0.2) is 0 Å². The molecule has 26 heavy (non-hydrogen) atoms. The van der Waals surface area contributed by atoms with Crippen LogP contribution >= 0.6 is 0 Å². The van der Waals surface area contributed by atoms with Crippen molar-refractivity contribution in [3.05, 3.63) is 17.5 Å². The van der Waals surface area contributed by atoms with Crippen molar-refractivity contribution in [3.8, 4) is 0 Å². The summed E-state index contributed by atoms with van der Waals surface area (Å²) in [6.45, 7) is 7.59. The van der Waals surface area contributed by atoms with E-state index in [0.717, 1.165) is 69.6 Å². The van der Waals surface area contributed by atoms with Crippen molar-refractivity contribution in [1.29, 1.82) is 0 Å². The van der Waals surface area contributed by atoms with Gasteiger partial charge in [0.1, 0.15) is 5.82 Å². The fraction of sp³-hybridized carbons (Fsp3) is 0.778. The Hall–Kier alpha value is -1.96. The number of hydrogen-bond donors (Lipinski definition) is 0. The lowest BCUT2D eigenvalue weighted by atomic mass is 9.97. The summed E-state index contributed by atoms with van der Waals surface area (Å²) < 4.78 is 13.6. The van der Waals surface area contributed by atoms with Crippen LogP contribution in [0.1, 0.15) is 62.5 Å². The summed E-state index contributed by atoms with van der Waals surface area (Å²) >= 11 is 0. The van der Waals surface area contributed by atoms with Gasteiger partial charge in [-0.1, -0.05) is 12.1 Å². The second kappa shape index (κ2) is 7.73. The summed E-state index contributed by atoms with van der Waals surface area (Å²) in [6, 6.07) is 0. The average molecular weight is 360 g/mol. The molecule has 4 rings (SSSR count). The summed E-state index contributed by atoms with van der Waals surface area (Å²) in [7, 11) is 0. The lowest BCUT2D eigenvalue weighted by Gasteiger charge is -2.32. The van der Waals surface area contributed by atoms with Crippen LogP contribution in [0.4, 0.5) is 5.95 Å². The molecule has 2 fully saturated rings. The average Bonchev–Trinajstić information content (AvgIpc) is 3.29. The van der Waals surface area contributed by atoms with Gasteiger partial charge in [-0.05, 0) is 39.0 Å². The number of rotatable bonds is 5. The van der Waals surface area contributed by atoms with Crippen LogP contribution in [0, 0.1) is 6.92 Å². The molecule has 2 aromatic heterocycles. The van der Waals surface area contributed by atoms with Crippen LogP contribution in [0.15, 0.2) is 4.52 Å². The predicted octanol–water partition coefficient (Wildman–Crippen LogP) is 2.49. The van der Waals surface area contributed by atoms with E-state index in [2.05, 4.69) is 36.7 Å². The van der Waals surface area contributed by atoms with Crippen molar-refractivity contribution in [2.24, 2.45) is 0 Å². The second-order valence-corrected chi connectivity index (χ2v) is 7.31. The van der Waals surface area contributed by atoms with Crippen LogP contribution < -0.4 is 4.90 Å². The molecule has 0 radical (unpaired) electrons. The monoisotopic (exact) mass is 360 g/mol. The Morgan fingerprint density at radius 3 is 2.62 bits per heavy atom. The predicted molar refractivity (Wildman–Crippen MR) is 96.2 cm³/mol. The Morgan fingerprint density at radius 1 is 1.12 bits per heavy atom. The fourth-order valence-electron chi connectivity index (χ4n) is 3.97. The van der Waals surface area contributed by atoms with Gasteiger partial charge < -0.3 is 14.2 Å². The van der Waals surface area contributed by atoms with E-state index in [0.29, 0.717) is 11.7 Å². The molecule has 2 aliphatic heterocycles. The number of anilines is 1. The molecule has 0 bridgehead atoms. The first-order chi connectivity index (χ1) is 12.7. The maximum Gasteiger partial charge on any atom is 0.229 e. The van der Waals surface area contributed by atoms with E-state index in [9.17, 15) is 0 Å². The number of hydrogen-bond acceptors (Lipinski definition) is 7. The minimum Gasteiger partial charge on any atom is -0.376 e. The Labute approximate surface area is 153 Å². The molecule has 0 spiro atoms. The normalized spacial score (nSPS) is 22.1. The van der Waals surface area contributed by atoms with E-state index < -0.39 is 0 Å². The van der Waals surface area contributed by atoms with Crippen LogP contribution in [0.5, 0.6) is 0 Å². The fourth-order valence-corrected chi connectivity index (χ4v) is 3.97. The third-order valence-electron chi connectivity index (χ3n) is 5.45. The Bertz CT molecular complexity index is 713. The van der Waals surface area contributed by atoms with Crippen molar-refractivity contribution in [2.75, 3.05) is 24.6 Å². The first-order valence-electron chi connectivity index (χ1n) is 9.83. The Morgan fingerprint density at radius 2 is 1.96 bits per heavy atom. The molecule has 0 aromatic carbocycles. The molecule has 2 aromatic rings. The SMILES string of the molecule is CCc1nnc(N2CCC(c3nc(C)no3)CC2)n1C[C@H]1CCCCO1. The molecule has 8 heteroatoms. The molecule has 0 unspecified atom stereocenters. The molecule has 4 heterocycles. The van der Waals surface area contributed by atoms with Gasteiger partial charge in [-0.2, -0.15) is 4.98 Å². The summed E-state index contributed by atoms with van der Waals surface area (Å²) in [5.74, 6) is 3.85. The van der Waals surface area contributed by atoms with Crippen molar-refractivity contribution >= 4 is 5.95 Å². The van der Waals surface area contributed by atoms with Gasteiger partial charge in [-0.3, -0.25) is 4.57 Å². The molecule has 0 amide bonds. The van der Waals surface area contributed by atoms with Gasteiger partial charge in [0, 0.05) is 32.0 Å². The maximum absolute atomic E-state index is 5.95. The molecule has 0 saturated carbocycles. The van der Waals surface area contributed by atoms with Crippen LogP contribution in [-0.4, -0.2) is 50.7 Å². The number of aryl methyl sites for hydroxylation is 2. The largest absolute Gasteiger partial charge is 0.376 e. The standard InChI is InChI=1S/C18H28N6O2/c1-3-16-20-21-18(24(16)12-15-6-4-5-11-25-15)23-9-7-14(8-10-23)17-19-13(2)22-26-17/h14-15H,3-12H2,1-2H3/t15-/m1/s1. The van der Waals surface area contributed by atoms with Crippen LogP contribution in [0.2, 0.25) is 0 Å².